The third-order valence-electron chi connectivity index (χ3n) is 3.75. The molecule has 0 aromatic carbocycles. The van der Waals surface area contributed by atoms with Crippen molar-refractivity contribution in [1.82, 2.24) is 4.90 Å². The first-order valence-electron chi connectivity index (χ1n) is 6.47. The Labute approximate surface area is 107 Å². The van der Waals surface area contributed by atoms with E-state index in [1.807, 2.05) is 20.8 Å². The molecule has 102 valence electrons. The van der Waals surface area contributed by atoms with Crippen molar-refractivity contribution in [1.29, 1.82) is 0 Å². The summed E-state index contributed by atoms with van der Waals surface area (Å²) < 4.78 is 5.36. The molecule has 1 heterocycles. The molecule has 2 rings (SSSR count). The number of carbonyl (C=O) groups is 2. The molecule has 3 unspecified atom stereocenters. The molecule has 1 N–H and O–H groups in total. The van der Waals surface area contributed by atoms with Gasteiger partial charge in [0.25, 0.3) is 0 Å². The molecule has 0 aromatic heterocycles. The van der Waals surface area contributed by atoms with E-state index >= 15 is 0 Å². The van der Waals surface area contributed by atoms with Crippen LogP contribution in [0.15, 0.2) is 0 Å². The number of piperidine rings is 1. The molecule has 5 heteroatoms. The Hall–Kier alpha value is -1.26. The minimum Gasteiger partial charge on any atom is -0.481 e. The highest BCUT2D eigenvalue weighted by atomic mass is 16.6. The Morgan fingerprint density at radius 3 is 2.44 bits per heavy atom. The van der Waals surface area contributed by atoms with Gasteiger partial charge in [-0.15, -0.1) is 0 Å². The van der Waals surface area contributed by atoms with Gasteiger partial charge in [-0.1, -0.05) is 0 Å². The van der Waals surface area contributed by atoms with Crippen molar-refractivity contribution < 1.29 is 19.4 Å². The largest absolute Gasteiger partial charge is 0.481 e. The van der Waals surface area contributed by atoms with Crippen molar-refractivity contribution in [3.63, 3.8) is 0 Å². The quantitative estimate of drug-likeness (QED) is 0.820. The summed E-state index contributed by atoms with van der Waals surface area (Å²) in [5.41, 5.74) is -0.473. The number of carbonyl (C=O) groups excluding carboxylic acids is 1. The Kier molecular flexibility index (Phi) is 3.25. The fraction of sp³-hybridized carbons (Fsp3) is 0.846. The second kappa shape index (κ2) is 4.44. The van der Waals surface area contributed by atoms with Crippen LogP contribution in [0.1, 0.15) is 40.0 Å². The lowest BCUT2D eigenvalue weighted by molar-refractivity contribution is -0.138. The van der Waals surface area contributed by atoms with Crippen LogP contribution in [0.5, 0.6) is 0 Å². The zero-order valence-electron chi connectivity index (χ0n) is 11.2. The van der Waals surface area contributed by atoms with E-state index in [0.717, 1.165) is 12.8 Å². The molecule has 1 saturated carbocycles. The van der Waals surface area contributed by atoms with Crippen LogP contribution < -0.4 is 0 Å². The second-order valence-electron chi connectivity index (χ2n) is 6.38. The summed E-state index contributed by atoms with van der Waals surface area (Å²) >= 11 is 0. The highest BCUT2D eigenvalue weighted by molar-refractivity contribution is 5.70. The molecule has 1 aliphatic carbocycles. The molecule has 1 amide bonds. The van der Waals surface area contributed by atoms with Gasteiger partial charge in [-0.25, -0.2) is 4.79 Å². The lowest BCUT2D eigenvalue weighted by atomic mass is 9.91. The molecule has 2 bridgehead atoms. The molecule has 1 aliphatic heterocycles. The smallest absolute Gasteiger partial charge is 0.410 e. The maximum Gasteiger partial charge on any atom is 0.410 e. The lowest BCUT2D eigenvalue weighted by Crippen LogP contribution is -2.43. The van der Waals surface area contributed by atoms with Gasteiger partial charge in [0.2, 0.25) is 0 Å². The number of carboxylic acids is 1. The monoisotopic (exact) mass is 255 g/mol. The van der Waals surface area contributed by atoms with E-state index in [-0.39, 0.29) is 24.5 Å². The summed E-state index contributed by atoms with van der Waals surface area (Å²) in [7, 11) is 0. The molecular formula is C13H21NO4. The van der Waals surface area contributed by atoms with E-state index in [1.165, 1.54) is 0 Å². The minimum absolute atomic E-state index is 0.175. The molecule has 0 aromatic rings. The number of hydrogen-bond donors (Lipinski definition) is 1. The molecule has 2 aliphatic rings. The van der Waals surface area contributed by atoms with Gasteiger partial charge in [0.1, 0.15) is 5.60 Å². The van der Waals surface area contributed by atoms with Crippen LogP contribution in [-0.2, 0) is 9.53 Å². The Bertz CT molecular complexity index is 360. The molecule has 3 atom stereocenters. The first-order chi connectivity index (χ1) is 8.26. The maximum absolute atomic E-state index is 12.0. The van der Waals surface area contributed by atoms with Crippen molar-refractivity contribution in [2.24, 2.45) is 11.8 Å². The van der Waals surface area contributed by atoms with Gasteiger partial charge in [-0.3, -0.25) is 4.79 Å². The summed E-state index contributed by atoms with van der Waals surface area (Å²) in [6.07, 6.45) is 1.69. The third-order valence-corrected chi connectivity index (χ3v) is 3.75. The first kappa shape index (κ1) is 13.2. The molecule has 18 heavy (non-hydrogen) atoms. The summed E-state index contributed by atoms with van der Waals surface area (Å²) in [4.78, 5) is 24.5. The van der Waals surface area contributed by atoms with Crippen LogP contribution in [0.2, 0.25) is 0 Å². The molecule has 1 saturated heterocycles. The number of amides is 1. The van der Waals surface area contributed by atoms with Crippen molar-refractivity contribution in [3.8, 4) is 0 Å². The van der Waals surface area contributed by atoms with Gasteiger partial charge >= 0.3 is 12.1 Å². The van der Waals surface area contributed by atoms with Gasteiger partial charge in [0, 0.05) is 19.0 Å². The summed E-state index contributed by atoms with van der Waals surface area (Å²) in [5.74, 6) is -0.179. The van der Waals surface area contributed by atoms with Crippen molar-refractivity contribution >= 4 is 12.1 Å². The van der Waals surface area contributed by atoms with Crippen LogP contribution >= 0.6 is 0 Å². The SMILES string of the molecule is CC(C)(C)OC(=O)N1CC2CC1CC2CC(=O)O. The predicted octanol–water partition coefficient (Wildman–Crippen LogP) is 2.11. The Balaban J connectivity index is 1.91. The Morgan fingerprint density at radius 2 is 2.00 bits per heavy atom. The van der Waals surface area contributed by atoms with Crippen molar-refractivity contribution in [3.05, 3.63) is 0 Å². The number of likely N-dealkylation sites (tertiary alicyclic amines) is 1. The standard InChI is InChI=1S/C13H21NO4/c1-13(2,3)18-12(17)14-7-9-5-10(14)4-8(9)6-11(15)16/h8-10H,4-7H2,1-3H3,(H,15,16). The van der Waals surface area contributed by atoms with E-state index in [9.17, 15) is 9.59 Å². The predicted molar refractivity (Wildman–Crippen MR) is 65.2 cm³/mol. The summed E-state index contributed by atoms with van der Waals surface area (Å²) in [5, 5.41) is 8.82. The average molecular weight is 255 g/mol. The molecular weight excluding hydrogens is 234 g/mol. The van der Waals surface area contributed by atoms with E-state index in [2.05, 4.69) is 0 Å². The van der Waals surface area contributed by atoms with E-state index in [4.69, 9.17) is 9.84 Å². The molecule has 5 nitrogen and oxygen atoms in total. The van der Waals surface area contributed by atoms with Crippen LogP contribution in [0.25, 0.3) is 0 Å². The summed E-state index contributed by atoms with van der Waals surface area (Å²) in [6.45, 7) is 6.21. The molecule has 0 spiro atoms. The lowest BCUT2D eigenvalue weighted by Gasteiger charge is -2.32. The highest BCUT2D eigenvalue weighted by Crippen LogP contribution is 2.44. The van der Waals surface area contributed by atoms with E-state index in [1.54, 1.807) is 4.90 Å². The fourth-order valence-corrected chi connectivity index (χ4v) is 3.08. The third kappa shape index (κ3) is 2.76. The van der Waals surface area contributed by atoms with Gasteiger partial charge in [-0.05, 0) is 45.4 Å². The number of hydrogen-bond acceptors (Lipinski definition) is 3. The molecule has 0 radical (unpaired) electrons. The fourth-order valence-electron chi connectivity index (χ4n) is 3.08. The van der Waals surface area contributed by atoms with Crippen molar-refractivity contribution in [2.45, 2.75) is 51.7 Å². The maximum atomic E-state index is 12.0. The normalized spacial score (nSPS) is 30.6. The van der Waals surface area contributed by atoms with Gasteiger partial charge in [0.05, 0.1) is 0 Å². The van der Waals surface area contributed by atoms with Crippen molar-refractivity contribution in [2.75, 3.05) is 6.54 Å². The van der Waals surface area contributed by atoms with Gasteiger partial charge < -0.3 is 14.7 Å². The van der Waals surface area contributed by atoms with Crippen LogP contribution in [0.4, 0.5) is 4.79 Å². The Morgan fingerprint density at radius 1 is 1.33 bits per heavy atom. The second-order valence-corrected chi connectivity index (χ2v) is 6.38. The summed E-state index contributed by atoms with van der Waals surface area (Å²) in [6, 6.07) is 0.175. The number of carboxylic acid groups (broad SMARTS) is 1. The number of nitrogens with zero attached hydrogens (tertiary/aromatic N) is 1. The minimum atomic E-state index is -0.739. The number of aliphatic carboxylic acids is 1. The zero-order chi connectivity index (χ0) is 13.5. The van der Waals surface area contributed by atoms with Crippen LogP contribution in [-0.4, -0.2) is 40.3 Å². The van der Waals surface area contributed by atoms with E-state index < -0.39 is 11.6 Å². The number of ether oxygens (including phenoxy) is 1. The first-order valence-corrected chi connectivity index (χ1v) is 6.47. The van der Waals surface area contributed by atoms with Gasteiger partial charge in [0.15, 0.2) is 0 Å². The average Bonchev–Trinajstić information content (AvgIpc) is 2.72. The topological polar surface area (TPSA) is 66.8 Å². The number of fused-ring (bicyclic) bond motifs is 2. The molecule has 2 fully saturated rings. The van der Waals surface area contributed by atoms with Crippen LogP contribution in [0.3, 0.4) is 0 Å². The number of rotatable bonds is 2. The van der Waals surface area contributed by atoms with Gasteiger partial charge in [-0.2, -0.15) is 0 Å². The van der Waals surface area contributed by atoms with Crippen LogP contribution in [0, 0.1) is 11.8 Å². The van der Waals surface area contributed by atoms with E-state index in [0.29, 0.717) is 12.5 Å². The zero-order valence-corrected chi connectivity index (χ0v) is 11.2. The highest BCUT2D eigenvalue weighted by Gasteiger charge is 2.47.